The van der Waals surface area contributed by atoms with E-state index in [0.29, 0.717) is 30.0 Å². The van der Waals surface area contributed by atoms with Gasteiger partial charge in [0, 0.05) is 42.2 Å². The quantitative estimate of drug-likeness (QED) is 0.357. The summed E-state index contributed by atoms with van der Waals surface area (Å²) in [6.07, 6.45) is 5.45. The number of nitrogens with one attached hydrogen (secondary N) is 1. The molecule has 0 unspecified atom stereocenters. The van der Waals surface area contributed by atoms with Gasteiger partial charge in [0.15, 0.2) is 5.92 Å². The number of likely N-dealkylation sites (tertiary alicyclic amines) is 1. The molecule has 1 aliphatic carbocycles. The lowest BCUT2D eigenvalue weighted by molar-refractivity contribution is -0.204. The Morgan fingerprint density at radius 2 is 1.89 bits per heavy atom. The number of fused-ring (bicyclic) bond motifs is 2. The molecule has 2 atom stereocenters. The van der Waals surface area contributed by atoms with Gasteiger partial charge in [-0.25, -0.2) is 4.79 Å². The Morgan fingerprint density at radius 1 is 1.14 bits per heavy atom. The van der Waals surface area contributed by atoms with Crippen molar-refractivity contribution in [2.45, 2.75) is 45.4 Å². The molecule has 36 heavy (non-hydrogen) atoms. The molecule has 1 aromatic heterocycles. The summed E-state index contributed by atoms with van der Waals surface area (Å²) < 4.78 is 5.36. The first-order chi connectivity index (χ1) is 17.4. The summed E-state index contributed by atoms with van der Waals surface area (Å²) in [4.78, 5) is 74.5. The second-order valence-electron chi connectivity index (χ2n) is 9.20. The molecule has 2 saturated heterocycles. The van der Waals surface area contributed by atoms with Crippen molar-refractivity contribution in [3.8, 4) is 0 Å². The van der Waals surface area contributed by atoms with Crippen LogP contribution in [0.1, 0.15) is 44.6 Å². The number of amides is 3. The summed E-state index contributed by atoms with van der Waals surface area (Å²) in [5.41, 5.74) is 0.836. The van der Waals surface area contributed by atoms with Gasteiger partial charge < -0.3 is 19.5 Å². The topological polar surface area (TPSA) is 126 Å². The lowest BCUT2D eigenvalue weighted by Gasteiger charge is -2.34. The SMILES string of the molecule is CCOC(=O)[C@@]12CCCC=C1N(CCc1c[nH]c3ccccc13)C(=O)[C@H]2C(=O)ON1C(=O)CCC1=O. The molecule has 0 radical (unpaired) electrons. The van der Waals surface area contributed by atoms with E-state index in [1.165, 1.54) is 4.90 Å². The first-order valence-electron chi connectivity index (χ1n) is 12.2. The molecule has 5 rings (SSSR count). The number of nitrogens with zero attached hydrogens (tertiary/aromatic N) is 2. The fourth-order valence-corrected chi connectivity index (χ4v) is 5.55. The molecule has 3 amide bonds. The first kappa shape index (κ1) is 23.8. The molecule has 3 heterocycles. The summed E-state index contributed by atoms with van der Waals surface area (Å²) in [6.45, 7) is 1.96. The number of rotatable bonds is 7. The maximum Gasteiger partial charge on any atom is 0.347 e. The average molecular weight is 494 g/mol. The Balaban J connectivity index is 1.48. The monoisotopic (exact) mass is 493 g/mol. The summed E-state index contributed by atoms with van der Waals surface area (Å²) in [7, 11) is 0. The molecule has 10 nitrogen and oxygen atoms in total. The largest absolute Gasteiger partial charge is 0.465 e. The van der Waals surface area contributed by atoms with Gasteiger partial charge in [0.05, 0.1) is 6.61 Å². The molecular formula is C26H27N3O7. The highest BCUT2D eigenvalue weighted by molar-refractivity contribution is 6.09. The van der Waals surface area contributed by atoms with Crippen molar-refractivity contribution in [2.75, 3.05) is 13.2 Å². The first-order valence-corrected chi connectivity index (χ1v) is 12.2. The molecule has 0 spiro atoms. The number of H-pyrrole nitrogens is 1. The number of hydrogen-bond acceptors (Lipinski definition) is 7. The Bertz CT molecular complexity index is 1280. The summed E-state index contributed by atoms with van der Waals surface area (Å²) >= 11 is 0. The molecular weight excluding hydrogens is 466 g/mol. The zero-order chi connectivity index (χ0) is 25.4. The molecule has 2 aromatic rings. The molecule has 10 heteroatoms. The third-order valence-corrected chi connectivity index (χ3v) is 7.21. The Hall–Kier alpha value is -3.95. The van der Waals surface area contributed by atoms with Crippen molar-refractivity contribution < 1.29 is 33.5 Å². The van der Waals surface area contributed by atoms with E-state index in [2.05, 4.69) is 4.98 Å². The van der Waals surface area contributed by atoms with E-state index in [0.717, 1.165) is 16.5 Å². The number of hydrogen-bond donors (Lipinski definition) is 1. The Morgan fingerprint density at radius 3 is 2.64 bits per heavy atom. The standard InChI is InChI=1S/C26H27N3O7/c1-2-35-25(34)26-13-6-5-9-19(26)28(14-12-16-15-27-18-8-4-3-7-17(16)18)23(32)22(26)24(33)36-29-20(30)10-11-21(29)31/h3-4,7-9,15,22,27H,2,5-6,10-14H2,1H3/t22-,26-/m0/s1. The van der Waals surface area contributed by atoms with E-state index in [1.807, 2.05) is 36.5 Å². The van der Waals surface area contributed by atoms with Gasteiger partial charge in [-0.05, 0) is 44.2 Å². The van der Waals surface area contributed by atoms with Gasteiger partial charge in [-0.15, -0.1) is 5.06 Å². The molecule has 1 aromatic carbocycles. The van der Waals surface area contributed by atoms with Crippen molar-refractivity contribution >= 4 is 40.6 Å². The Labute approximate surface area is 207 Å². The van der Waals surface area contributed by atoms with Crippen LogP contribution in [0.3, 0.4) is 0 Å². The predicted octanol–water partition coefficient (Wildman–Crippen LogP) is 2.39. The third-order valence-electron chi connectivity index (χ3n) is 7.21. The number of hydroxylamine groups is 2. The van der Waals surface area contributed by atoms with E-state index in [1.54, 1.807) is 6.92 Å². The number of carbonyl (C=O) groups excluding carboxylic acids is 5. The zero-order valence-electron chi connectivity index (χ0n) is 20.0. The van der Waals surface area contributed by atoms with Crippen LogP contribution < -0.4 is 0 Å². The highest BCUT2D eigenvalue weighted by Gasteiger charge is 2.65. The van der Waals surface area contributed by atoms with Gasteiger partial charge in [-0.3, -0.25) is 19.2 Å². The van der Waals surface area contributed by atoms with Gasteiger partial charge in [-0.2, -0.15) is 0 Å². The van der Waals surface area contributed by atoms with Crippen molar-refractivity contribution in [2.24, 2.45) is 11.3 Å². The number of aromatic nitrogens is 1. The van der Waals surface area contributed by atoms with Crippen molar-refractivity contribution in [3.05, 3.63) is 47.8 Å². The van der Waals surface area contributed by atoms with Crippen LogP contribution in [0.15, 0.2) is 42.2 Å². The van der Waals surface area contributed by atoms with Gasteiger partial charge in [0.1, 0.15) is 5.41 Å². The number of ether oxygens (including phenoxy) is 1. The summed E-state index contributed by atoms with van der Waals surface area (Å²) in [5, 5.41) is 1.44. The average Bonchev–Trinajstić information content (AvgIpc) is 3.51. The van der Waals surface area contributed by atoms with E-state index in [9.17, 15) is 24.0 Å². The van der Waals surface area contributed by atoms with Gasteiger partial charge in [0.2, 0.25) is 5.91 Å². The van der Waals surface area contributed by atoms with Crippen LogP contribution in [0.4, 0.5) is 0 Å². The van der Waals surface area contributed by atoms with Crippen molar-refractivity contribution in [1.82, 2.24) is 14.9 Å². The zero-order valence-corrected chi connectivity index (χ0v) is 20.0. The number of aromatic amines is 1. The smallest absolute Gasteiger partial charge is 0.347 e. The number of imide groups is 1. The van der Waals surface area contributed by atoms with E-state index in [-0.39, 0.29) is 32.4 Å². The summed E-state index contributed by atoms with van der Waals surface area (Å²) in [5.74, 6) is -5.23. The second kappa shape index (κ2) is 9.25. The van der Waals surface area contributed by atoms with E-state index < -0.39 is 41.0 Å². The van der Waals surface area contributed by atoms with Gasteiger partial charge in [-0.1, -0.05) is 24.3 Å². The van der Waals surface area contributed by atoms with Gasteiger partial charge >= 0.3 is 11.9 Å². The maximum absolute atomic E-state index is 13.8. The van der Waals surface area contributed by atoms with E-state index >= 15 is 0 Å². The second-order valence-corrected chi connectivity index (χ2v) is 9.20. The molecule has 0 saturated carbocycles. The highest BCUT2D eigenvalue weighted by Crippen LogP contribution is 2.53. The van der Waals surface area contributed by atoms with Crippen LogP contribution in [0.2, 0.25) is 0 Å². The van der Waals surface area contributed by atoms with Crippen LogP contribution in [0.25, 0.3) is 10.9 Å². The molecule has 0 bridgehead atoms. The van der Waals surface area contributed by atoms with Gasteiger partial charge in [0.25, 0.3) is 11.8 Å². The van der Waals surface area contributed by atoms with Crippen LogP contribution in [-0.4, -0.2) is 57.8 Å². The maximum atomic E-state index is 13.8. The number of esters is 1. The lowest BCUT2D eigenvalue weighted by Crippen LogP contribution is -2.47. The highest BCUT2D eigenvalue weighted by atomic mass is 16.7. The Kier molecular flexibility index (Phi) is 6.11. The predicted molar refractivity (Wildman–Crippen MR) is 125 cm³/mol. The van der Waals surface area contributed by atoms with Crippen LogP contribution in [0, 0.1) is 11.3 Å². The van der Waals surface area contributed by atoms with Crippen LogP contribution >= 0.6 is 0 Å². The van der Waals surface area contributed by atoms with Crippen molar-refractivity contribution in [1.29, 1.82) is 0 Å². The minimum absolute atomic E-state index is 0.0717. The minimum atomic E-state index is -1.56. The minimum Gasteiger partial charge on any atom is -0.465 e. The fourth-order valence-electron chi connectivity index (χ4n) is 5.55. The van der Waals surface area contributed by atoms with Crippen LogP contribution in [-0.2, 0) is 40.0 Å². The van der Waals surface area contributed by atoms with E-state index in [4.69, 9.17) is 9.57 Å². The molecule has 188 valence electrons. The lowest BCUT2D eigenvalue weighted by atomic mass is 9.69. The number of para-hydroxylation sites is 1. The third kappa shape index (κ3) is 3.68. The fraction of sp³-hybridized carbons (Fsp3) is 0.423. The molecule has 2 aliphatic heterocycles. The number of benzene rings is 1. The summed E-state index contributed by atoms with van der Waals surface area (Å²) in [6, 6.07) is 7.81. The van der Waals surface area contributed by atoms with Crippen molar-refractivity contribution in [3.63, 3.8) is 0 Å². The molecule has 3 aliphatic rings. The normalized spacial score (nSPS) is 23.8. The number of allylic oxidation sites excluding steroid dienone is 1. The number of carbonyl (C=O) groups is 5. The molecule has 1 N–H and O–H groups in total. The molecule has 2 fully saturated rings. The van der Waals surface area contributed by atoms with Crippen LogP contribution in [0.5, 0.6) is 0 Å².